The number of hydrogen-bond donors (Lipinski definition) is 2. The van der Waals surface area contributed by atoms with E-state index in [0.29, 0.717) is 11.8 Å². The number of imide groups is 1. The Balaban J connectivity index is 1.71. The SMILES string of the molecule is CC(C)c1ccc([C@]2(C)NC(=O)N(CC(=O)N[C@H](C)C3CC3)C2=O)cc1. The van der Waals surface area contributed by atoms with E-state index in [1.165, 1.54) is 5.56 Å². The average molecular weight is 357 g/mol. The summed E-state index contributed by atoms with van der Waals surface area (Å²) in [6, 6.07) is 7.23. The van der Waals surface area contributed by atoms with Gasteiger partial charge in [0.05, 0.1) is 0 Å². The molecule has 0 bridgehead atoms. The zero-order valence-corrected chi connectivity index (χ0v) is 15.8. The molecule has 140 valence electrons. The van der Waals surface area contributed by atoms with Gasteiger partial charge in [0.15, 0.2) is 0 Å². The molecule has 2 atom stereocenters. The predicted octanol–water partition coefficient (Wildman–Crippen LogP) is 2.49. The van der Waals surface area contributed by atoms with Crippen molar-refractivity contribution in [2.24, 2.45) is 5.92 Å². The van der Waals surface area contributed by atoms with E-state index in [1.54, 1.807) is 6.92 Å². The van der Waals surface area contributed by atoms with Crippen LogP contribution in [0.25, 0.3) is 0 Å². The number of nitrogens with one attached hydrogen (secondary N) is 2. The molecule has 2 fully saturated rings. The maximum absolute atomic E-state index is 12.9. The summed E-state index contributed by atoms with van der Waals surface area (Å²) in [6.45, 7) is 7.59. The molecule has 3 rings (SSSR count). The van der Waals surface area contributed by atoms with Crippen LogP contribution in [-0.2, 0) is 15.1 Å². The first kappa shape index (κ1) is 18.4. The predicted molar refractivity (Wildman–Crippen MR) is 98.5 cm³/mol. The third kappa shape index (κ3) is 3.45. The lowest BCUT2D eigenvalue weighted by Crippen LogP contribution is -2.45. The highest BCUT2D eigenvalue weighted by Gasteiger charge is 2.49. The van der Waals surface area contributed by atoms with Crippen LogP contribution >= 0.6 is 0 Å². The molecule has 1 aliphatic carbocycles. The molecule has 1 heterocycles. The zero-order chi connectivity index (χ0) is 19.1. The number of nitrogens with zero attached hydrogens (tertiary/aromatic N) is 1. The van der Waals surface area contributed by atoms with E-state index >= 15 is 0 Å². The van der Waals surface area contributed by atoms with Crippen molar-refractivity contribution in [1.82, 2.24) is 15.5 Å². The normalized spacial score (nSPS) is 24.0. The van der Waals surface area contributed by atoms with Crippen molar-refractivity contribution in [1.29, 1.82) is 0 Å². The molecule has 4 amide bonds. The molecular formula is C20H27N3O3. The van der Waals surface area contributed by atoms with Crippen molar-refractivity contribution >= 4 is 17.8 Å². The molecule has 6 nitrogen and oxygen atoms in total. The van der Waals surface area contributed by atoms with Gasteiger partial charge in [0.2, 0.25) is 5.91 Å². The molecule has 0 aromatic heterocycles. The zero-order valence-electron chi connectivity index (χ0n) is 15.8. The molecule has 2 N–H and O–H groups in total. The molecule has 1 saturated heterocycles. The van der Waals surface area contributed by atoms with Gasteiger partial charge in [-0.2, -0.15) is 0 Å². The van der Waals surface area contributed by atoms with Crippen molar-refractivity contribution < 1.29 is 14.4 Å². The topological polar surface area (TPSA) is 78.5 Å². The van der Waals surface area contributed by atoms with Gasteiger partial charge < -0.3 is 10.6 Å². The minimum atomic E-state index is -1.14. The van der Waals surface area contributed by atoms with Crippen LogP contribution in [0.5, 0.6) is 0 Å². The number of amides is 4. The van der Waals surface area contributed by atoms with Crippen molar-refractivity contribution in [3.8, 4) is 0 Å². The molecule has 0 radical (unpaired) electrons. The average Bonchev–Trinajstić information content (AvgIpc) is 3.41. The van der Waals surface area contributed by atoms with E-state index in [9.17, 15) is 14.4 Å². The van der Waals surface area contributed by atoms with Crippen molar-refractivity contribution in [2.45, 2.75) is 58.0 Å². The Morgan fingerprint density at radius 1 is 1.23 bits per heavy atom. The molecule has 2 aliphatic rings. The van der Waals surface area contributed by atoms with Crippen molar-refractivity contribution in [3.63, 3.8) is 0 Å². The maximum atomic E-state index is 12.9. The van der Waals surface area contributed by atoms with Gasteiger partial charge in [0, 0.05) is 6.04 Å². The third-order valence-corrected chi connectivity index (χ3v) is 5.45. The first-order valence-corrected chi connectivity index (χ1v) is 9.26. The Morgan fingerprint density at radius 2 is 1.85 bits per heavy atom. The second-order valence-corrected chi connectivity index (χ2v) is 7.92. The summed E-state index contributed by atoms with van der Waals surface area (Å²) in [5.41, 5.74) is 0.739. The molecular weight excluding hydrogens is 330 g/mol. The van der Waals surface area contributed by atoms with E-state index in [-0.39, 0.29) is 18.5 Å². The second-order valence-electron chi connectivity index (χ2n) is 7.92. The Kier molecular flexibility index (Phi) is 4.78. The van der Waals surface area contributed by atoms with Gasteiger partial charge in [-0.05, 0) is 49.7 Å². The highest BCUT2D eigenvalue weighted by Crippen LogP contribution is 2.32. The van der Waals surface area contributed by atoms with Crippen molar-refractivity contribution in [2.75, 3.05) is 6.54 Å². The Morgan fingerprint density at radius 3 is 2.38 bits per heavy atom. The second kappa shape index (κ2) is 6.74. The molecule has 0 spiro atoms. The summed E-state index contributed by atoms with van der Waals surface area (Å²) in [4.78, 5) is 38.4. The molecule has 0 unspecified atom stereocenters. The first-order valence-electron chi connectivity index (χ1n) is 9.26. The van der Waals surface area contributed by atoms with E-state index in [1.807, 2.05) is 31.2 Å². The lowest BCUT2D eigenvalue weighted by atomic mass is 9.90. The maximum Gasteiger partial charge on any atom is 0.325 e. The number of hydrogen-bond acceptors (Lipinski definition) is 3. The molecule has 1 aromatic rings. The van der Waals surface area contributed by atoms with Crippen LogP contribution in [0.2, 0.25) is 0 Å². The fourth-order valence-electron chi connectivity index (χ4n) is 3.39. The van der Waals surface area contributed by atoms with Gasteiger partial charge >= 0.3 is 6.03 Å². The molecule has 26 heavy (non-hydrogen) atoms. The summed E-state index contributed by atoms with van der Waals surface area (Å²) < 4.78 is 0. The fourth-order valence-corrected chi connectivity index (χ4v) is 3.39. The lowest BCUT2D eigenvalue weighted by molar-refractivity contribution is -0.135. The number of rotatable bonds is 6. The van der Waals surface area contributed by atoms with Crippen LogP contribution in [-0.4, -0.2) is 35.3 Å². The van der Waals surface area contributed by atoms with Crippen molar-refractivity contribution in [3.05, 3.63) is 35.4 Å². The highest BCUT2D eigenvalue weighted by molar-refractivity contribution is 6.09. The molecule has 1 aliphatic heterocycles. The van der Waals surface area contributed by atoms with Crippen LogP contribution in [0, 0.1) is 5.92 Å². The van der Waals surface area contributed by atoms with Crippen LogP contribution in [0.1, 0.15) is 57.6 Å². The largest absolute Gasteiger partial charge is 0.352 e. The van der Waals surface area contributed by atoms with Crippen LogP contribution < -0.4 is 10.6 Å². The number of carbonyl (C=O) groups excluding carboxylic acids is 3. The Labute approximate surface area is 154 Å². The lowest BCUT2D eigenvalue weighted by Gasteiger charge is -2.23. The standard InChI is InChI=1S/C20H27N3O3/c1-12(2)14-7-9-16(10-8-14)20(4)18(25)23(19(26)22-20)11-17(24)21-13(3)15-5-6-15/h7-10,12-13,15H,5-6,11H2,1-4H3,(H,21,24)(H,22,26)/t13-,20+/m1/s1. The summed E-state index contributed by atoms with van der Waals surface area (Å²) in [7, 11) is 0. The summed E-state index contributed by atoms with van der Waals surface area (Å²) >= 11 is 0. The highest BCUT2D eigenvalue weighted by atomic mass is 16.2. The summed E-state index contributed by atoms with van der Waals surface area (Å²) in [6.07, 6.45) is 2.24. The molecule has 1 aromatic carbocycles. The van der Waals surface area contributed by atoms with Gasteiger partial charge in [-0.25, -0.2) is 4.79 Å². The van der Waals surface area contributed by atoms with Gasteiger partial charge in [0.25, 0.3) is 5.91 Å². The van der Waals surface area contributed by atoms with Gasteiger partial charge in [-0.1, -0.05) is 38.1 Å². The van der Waals surface area contributed by atoms with Crippen LogP contribution in [0.15, 0.2) is 24.3 Å². The first-order chi connectivity index (χ1) is 12.2. The van der Waals surface area contributed by atoms with E-state index in [0.717, 1.165) is 23.3 Å². The summed E-state index contributed by atoms with van der Waals surface area (Å²) in [5, 5.41) is 5.63. The van der Waals surface area contributed by atoms with Crippen LogP contribution in [0.3, 0.4) is 0 Å². The minimum Gasteiger partial charge on any atom is -0.352 e. The third-order valence-electron chi connectivity index (χ3n) is 5.45. The summed E-state index contributed by atoms with van der Waals surface area (Å²) in [5.74, 6) is 0.215. The molecule has 6 heteroatoms. The van der Waals surface area contributed by atoms with Gasteiger partial charge in [0.1, 0.15) is 12.1 Å². The molecule has 1 saturated carbocycles. The van der Waals surface area contributed by atoms with Crippen LogP contribution in [0.4, 0.5) is 4.79 Å². The van der Waals surface area contributed by atoms with Gasteiger partial charge in [-0.15, -0.1) is 0 Å². The Bertz CT molecular complexity index is 724. The van der Waals surface area contributed by atoms with E-state index in [4.69, 9.17) is 0 Å². The number of carbonyl (C=O) groups is 3. The van der Waals surface area contributed by atoms with E-state index < -0.39 is 17.5 Å². The fraction of sp³-hybridized carbons (Fsp3) is 0.550. The number of urea groups is 1. The smallest absolute Gasteiger partial charge is 0.325 e. The quantitative estimate of drug-likeness (QED) is 0.768. The monoisotopic (exact) mass is 357 g/mol. The van der Waals surface area contributed by atoms with E-state index in [2.05, 4.69) is 24.5 Å². The Hall–Kier alpha value is -2.37. The minimum absolute atomic E-state index is 0.0817. The number of benzene rings is 1. The van der Waals surface area contributed by atoms with Gasteiger partial charge in [-0.3, -0.25) is 14.5 Å².